The first-order valence-corrected chi connectivity index (χ1v) is 12.4. The zero-order chi connectivity index (χ0) is 22.5. The average Bonchev–Trinajstić information content (AvgIpc) is 3.56. The van der Waals surface area contributed by atoms with Crippen LogP contribution in [-0.2, 0) is 19.4 Å². The zero-order valence-corrected chi connectivity index (χ0v) is 20.0. The van der Waals surface area contributed by atoms with Gasteiger partial charge in [-0.25, -0.2) is 19.6 Å². The average molecular weight is 462 g/mol. The molecule has 0 saturated carbocycles. The standard InChI is InChI=1S/C24H27N7OS/c1-15-10-30(24-17-6-4-5-7-18(17)28-31(24)11-15)21-13-33-23(27-21)19-8-9-20(22(26-19)32-3)29-12-16(2)25-14-29/h8-9,12-15H,4-7,10-11H2,1-3H3. The van der Waals surface area contributed by atoms with Gasteiger partial charge in [-0.15, -0.1) is 11.3 Å². The predicted octanol–water partition coefficient (Wildman–Crippen LogP) is 4.57. The molecule has 0 saturated heterocycles. The number of nitrogens with zero attached hydrogens (tertiary/aromatic N) is 7. The Bertz CT molecular complexity index is 1320. The monoisotopic (exact) mass is 461 g/mol. The van der Waals surface area contributed by atoms with Gasteiger partial charge in [0.15, 0.2) is 0 Å². The van der Waals surface area contributed by atoms with E-state index in [0.717, 1.165) is 53.8 Å². The lowest BCUT2D eigenvalue weighted by Crippen LogP contribution is -2.34. The summed E-state index contributed by atoms with van der Waals surface area (Å²) in [6, 6.07) is 4.01. The normalized spacial score (nSPS) is 17.7. The van der Waals surface area contributed by atoms with Crippen LogP contribution in [0.3, 0.4) is 0 Å². The van der Waals surface area contributed by atoms with Crippen molar-refractivity contribution < 1.29 is 4.74 Å². The number of aryl methyl sites for hydroxylation is 2. The number of pyridine rings is 1. The number of rotatable bonds is 4. The van der Waals surface area contributed by atoms with Crippen molar-refractivity contribution in [3.63, 3.8) is 0 Å². The fourth-order valence-corrected chi connectivity index (χ4v) is 5.71. The van der Waals surface area contributed by atoms with E-state index in [9.17, 15) is 0 Å². The van der Waals surface area contributed by atoms with Crippen molar-refractivity contribution in [3.05, 3.63) is 47.0 Å². The van der Waals surface area contributed by atoms with Gasteiger partial charge in [0, 0.05) is 30.2 Å². The molecule has 2 aliphatic rings. The Kier molecular flexibility index (Phi) is 4.94. The number of anilines is 2. The first-order valence-electron chi connectivity index (χ1n) is 11.5. The van der Waals surface area contributed by atoms with Crippen LogP contribution in [0.4, 0.5) is 11.6 Å². The van der Waals surface area contributed by atoms with Gasteiger partial charge in [-0.05, 0) is 50.7 Å². The summed E-state index contributed by atoms with van der Waals surface area (Å²) in [5.41, 5.74) is 5.32. The third kappa shape index (κ3) is 3.51. The Morgan fingerprint density at radius 1 is 1.12 bits per heavy atom. The Balaban J connectivity index is 1.36. The molecule has 1 aliphatic carbocycles. The van der Waals surface area contributed by atoms with Crippen LogP contribution < -0.4 is 9.64 Å². The van der Waals surface area contributed by atoms with Crippen molar-refractivity contribution in [2.24, 2.45) is 5.92 Å². The summed E-state index contributed by atoms with van der Waals surface area (Å²) in [4.78, 5) is 16.5. The molecule has 9 heteroatoms. The molecule has 4 aromatic rings. The van der Waals surface area contributed by atoms with Crippen LogP contribution in [0.25, 0.3) is 16.4 Å². The van der Waals surface area contributed by atoms with Gasteiger partial charge in [0.25, 0.3) is 0 Å². The molecule has 0 radical (unpaired) electrons. The maximum Gasteiger partial charge on any atom is 0.238 e. The number of thiazole rings is 1. The fourth-order valence-electron chi connectivity index (χ4n) is 4.93. The summed E-state index contributed by atoms with van der Waals surface area (Å²) < 4.78 is 9.74. The topological polar surface area (TPSA) is 73.9 Å². The van der Waals surface area contributed by atoms with Gasteiger partial charge in [-0.3, -0.25) is 0 Å². The molecular weight excluding hydrogens is 434 g/mol. The van der Waals surface area contributed by atoms with Gasteiger partial charge in [-0.2, -0.15) is 5.10 Å². The van der Waals surface area contributed by atoms with E-state index in [1.54, 1.807) is 24.8 Å². The summed E-state index contributed by atoms with van der Waals surface area (Å²) >= 11 is 1.62. The second-order valence-corrected chi connectivity index (χ2v) is 9.87. The van der Waals surface area contributed by atoms with Gasteiger partial charge in [0.2, 0.25) is 5.88 Å². The highest BCUT2D eigenvalue weighted by Crippen LogP contribution is 2.40. The van der Waals surface area contributed by atoms with Crippen molar-refractivity contribution in [3.8, 4) is 22.3 Å². The van der Waals surface area contributed by atoms with Crippen LogP contribution in [0.1, 0.15) is 36.7 Å². The molecule has 1 unspecified atom stereocenters. The Morgan fingerprint density at radius 2 is 2.00 bits per heavy atom. The number of aromatic nitrogens is 6. The molecule has 0 aromatic carbocycles. The quantitative estimate of drug-likeness (QED) is 0.443. The van der Waals surface area contributed by atoms with Crippen LogP contribution in [-0.4, -0.2) is 43.0 Å². The lowest BCUT2D eigenvalue weighted by Gasteiger charge is -2.33. The largest absolute Gasteiger partial charge is 0.479 e. The molecule has 6 rings (SSSR count). The minimum atomic E-state index is 0.514. The highest BCUT2D eigenvalue weighted by molar-refractivity contribution is 7.13. The molecule has 0 bridgehead atoms. The number of hydrogen-bond acceptors (Lipinski definition) is 7. The maximum absolute atomic E-state index is 5.60. The number of fused-ring (bicyclic) bond motifs is 3. The molecule has 4 aromatic heterocycles. The summed E-state index contributed by atoms with van der Waals surface area (Å²) in [6.45, 7) is 6.18. The minimum absolute atomic E-state index is 0.514. The Hall–Kier alpha value is -3.20. The summed E-state index contributed by atoms with van der Waals surface area (Å²) in [5, 5.41) is 7.98. The van der Waals surface area contributed by atoms with E-state index in [2.05, 4.69) is 26.9 Å². The second kappa shape index (κ2) is 7.98. The smallest absolute Gasteiger partial charge is 0.238 e. The molecule has 0 N–H and O–H groups in total. The summed E-state index contributed by atoms with van der Waals surface area (Å²) in [6.07, 6.45) is 8.41. The van der Waals surface area contributed by atoms with Gasteiger partial charge in [0.1, 0.15) is 28.0 Å². The number of methoxy groups -OCH3 is 1. The van der Waals surface area contributed by atoms with Crippen molar-refractivity contribution in [1.82, 2.24) is 29.3 Å². The molecule has 8 nitrogen and oxygen atoms in total. The maximum atomic E-state index is 5.60. The van der Waals surface area contributed by atoms with Gasteiger partial charge < -0.3 is 14.2 Å². The van der Waals surface area contributed by atoms with Crippen molar-refractivity contribution >= 4 is 23.0 Å². The molecule has 1 aliphatic heterocycles. The Morgan fingerprint density at radius 3 is 2.82 bits per heavy atom. The highest BCUT2D eigenvalue weighted by atomic mass is 32.1. The molecule has 170 valence electrons. The van der Waals surface area contributed by atoms with E-state index < -0.39 is 0 Å². The van der Waals surface area contributed by atoms with Crippen molar-refractivity contribution in [2.45, 2.75) is 46.1 Å². The lowest BCUT2D eigenvalue weighted by molar-refractivity contribution is 0.396. The van der Waals surface area contributed by atoms with E-state index in [1.807, 2.05) is 29.8 Å². The Labute approximate surface area is 196 Å². The zero-order valence-electron chi connectivity index (χ0n) is 19.2. The van der Waals surface area contributed by atoms with Gasteiger partial charge in [-0.1, -0.05) is 6.92 Å². The molecule has 1 atom stereocenters. The molecule has 5 heterocycles. The minimum Gasteiger partial charge on any atom is -0.479 e. The van der Waals surface area contributed by atoms with Gasteiger partial charge >= 0.3 is 0 Å². The third-order valence-corrected chi connectivity index (χ3v) is 7.29. The highest BCUT2D eigenvalue weighted by Gasteiger charge is 2.31. The van der Waals surface area contributed by atoms with E-state index in [1.165, 1.54) is 29.9 Å². The second-order valence-electron chi connectivity index (χ2n) is 9.01. The van der Waals surface area contributed by atoms with Crippen LogP contribution in [0.5, 0.6) is 5.88 Å². The van der Waals surface area contributed by atoms with Crippen LogP contribution in [0.2, 0.25) is 0 Å². The van der Waals surface area contributed by atoms with E-state index >= 15 is 0 Å². The number of imidazole rings is 1. The van der Waals surface area contributed by atoms with Crippen LogP contribution in [0.15, 0.2) is 30.0 Å². The first kappa shape index (κ1) is 20.4. The number of ether oxygens (including phenoxy) is 1. The molecule has 0 fully saturated rings. The number of hydrogen-bond donors (Lipinski definition) is 0. The predicted molar refractivity (Wildman–Crippen MR) is 129 cm³/mol. The molecule has 33 heavy (non-hydrogen) atoms. The summed E-state index contributed by atoms with van der Waals surface area (Å²) in [5.74, 6) is 3.29. The van der Waals surface area contributed by atoms with Crippen molar-refractivity contribution in [1.29, 1.82) is 0 Å². The van der Waals surface area contributed by atoms with Crippen LogP contribution in [0, 0.1) is 12.8 Å². The van der Waals surface area contributed by atoms with E-state index in [-0.39, 0.29) is 0 Å². The molecule has 0 spiro atoms. The summed E-state index contributed by atoms with van der Waals surface area (Å²) in [7, 11) is 1.64. The molecule has 0 amide bonds. The third-order valence-electron chi connectivity index (χ3n) is 6.44. The van der Waals surface area contributed by atoms with E-state index in [4.69, 9.17) is 19.8 Å². The van der Waals surface area contributed by atoms with Crippen molar-refractivity contribution in [2.75, 3.05) is 18.6 Å². The van der Waals surface area contributed by atoms with Crippen LogP contribution >= 0.6 is 11.3 Å². The molecular formula is C24H27N7OS. The first-order chi connectivity index (χ1) is 16.1. The SMILES string of the molecule is COc1nc(-c2nc(N3CC(C)Cn4nc5c(c43)CCCC5)cs2)ccc1-n1cnc(C)c1. The van der Waals surface area contributed by atoms with E-state index in [0.29, 0.717) is 11.8 Å². The lowest BCUT2D eigenvalue weighted by atomic mass is 9.96. The van der Waals surface area contributed by atoms with Gasteiger partial charge in [0.05, 0.1) is 24.8 Å². The fraction of sp³-hybridized carbons (Fsp3) is 0.417.